The quantitative estimate of drug-likeness (QED) is 0.771. The SMILES string of the molecule is CC(C)NC(CN)c1cccc(F)c1. The smallest absolute Gasteiger partial charge is 0.123 e. The summed E-state index contributed by atoms with van der Waals surface area (Å²) in [5.74, 6) is -0.216. The first-order valence-electron chi connectivity index (χ1n) is 4.85. The summed E-state index contributed by atoms with van der Waals surface area (Å²) in [7, 11) is 0. The largest absolute Gasteiger partial charge is 0.329 e. The second-order valence-corrected chi connectivity index (χ2v) is 3.66. The Balaban J connectivity index is 2.78. The zero-order chi connectivity index (χ0) is 10.6. The molecule has 0 aliphatic rings. The highest BCUT2D eigenvalue weighted by molar-refractivity contribution is 5.20. The van der Waals surface area contributed by atoms with Gasteiger partial charge in [0.2, 0.25) is 0 Å². The van der Waals surface area contributed by atoms with E-state index in [0.717, 1.165) is 5.56 Å². The van der Waals surface area contributed by atoms with Crippen LogP contribution in [0.1, 0.15) is 25.5 Å². The number of hydrogen-bond donors (Lipinski definition) is 2. The molecule has 0 aliphatic carbocycles. The summed E-state index contributed by atoms with van der Waals surface area (Å²) in [5, 5.41) is 3.28. The average Bonchev–Trinajstić information content (AvgIpc) is 2.14. The lowest BCUT2D eigenvalue weighted by Gasteiger charge is -2.19. The molecule has 1 rings (SSSR count). The molecule has 14 heavy (non-hydrogen) atoms. The summed E-state index contributed by atoms with van der Waals surface area (Å²) in [4.78, 5) is 0. The summed E-state index contributed by atoms with van der Waals surface area (Å²) >= 11 is 0. The van der Waals surface area contributed by atoms with Crippen LogP contribution in [-0.4, -0.2) is 12.6 Å². The molecule has 0 bridgehead atoms. The third kappa shape index (κ3) is 3.09. The van der Waals surface area contributed by atoms with E-state index in [2.05, 4.69) is 5.32 Å². The van der Waals surface area contributed by atoms with E-state index < -0.39 is 0 Å². The zero-order valence-electron chi connectivity index (χ0n) is 8.63. The highest BCUT2D eigenvalue weighted by atomic mass is 19.1. The van der Waals surface area contributed by atoms with E-state index in [0.29, 0.717) is 12.6 Å². The molecule has 1 aromatic carbocycles. The molecule has 0 spiro atoms. The molecule has 1 atom stereocenters. The minimum absolute atomic E-state index is 0.0331. The Hall–Kier alpha value is -0.930. The van der Waals surface area contributed by atoms with Crippen molar-refractivity contribution < 1.29 is 4.39 Å². The topological polar surface area (TPSA) is 38.0 Å². The molecule has 0 saturated heterocycles. The molecule has 1 aromatic rings. The number of rotatable bonds is 4. The van der Waals surface area contributed by atoms with E-state index in [4.69, 9.17) is 5.73 Å². The van der Waals surface area contributed by atoms with Crippen LogP contribution >= 0.6 is 0 Å². The first-order chi connectivity index (χ1) is 6.63. The zero-order valence-corrected chi connectivity index (χ0v) is 8.63. The van der Waals surface area contributed by atoms with Crippen molar-refractivity contribution >= 4 is 0 Å². The molecule has 0 radical (unpaired) electrons. The van der Waals surface area contributed by atoms with E-state index in [1.807, 2.05) is 19.9 Å². The summed E-state index contributed by atoms with van der Waals surface area (Å²) < 4.78 is 12.9. The van der Waals surface area contributed by atoms with Crippen molar-refractivity contribution in [2.24, 2.45) is 5.73 Å². The van der Waals surface area contributed by atoms with Crippen LogP contribution in [0.3, 0.4) is 0 Å². The van der Waals surface area contributed by atoms with Crippen molar-refractivity contribution in [1.29, 1.82) is 0 Å². The second-order valence-electron chi connectivity index (χ2n) is 3.66. The molecular weight excluding hydrogens is 179 g/mol. The number of hydrogen-bond acceptors (Lipinski definition) is 2. The van der Waals surface area contributed by atoms with Gasteiger partial charge in [0, 0.05) is 18.6 Å². The van der Waals surface area contributed by atoms with Gasteiger partial charge in [-0.1, -0.05) is 26.0 Å². The molecule has 1 unspecified atom stereocenters. The van der Waals surface area contributed by atoms with Gasteiger partial charge >= 0.3 is 0 Å². The number of halogens is 1. The molecule has 0 aromatic heterocycles. The molecule has 78 valence electrons. The van der Waals surface area contributed by atoms with Crippen LogP contribution < -0.4 is 11.1 Å². The van der Waals surface area contributed by atoms with Gasteiger partial charge in [-0.05, 0) is 17.7 Å². The Morgan fingerprint density at radius 2 is 2.14 bits per heavy atom. The van der Waals surface area contributed by atoms with Crippen LogP contribution in [0.15, 0.2) is 24.3 Å². The fourth-order valence-electron chi connectivity index (χ4n) is 1.43. The third-order valence-electron chi connectivity index (χ3n) is 2.02. The van der Waals surface area contributed by atoms with Crippen LogP contribution in [-0.2, 0) is 0 Å². The monoisotopic (exact) mass is 196 g/mol. The van der Waals surface area contributed by atoms with Crippen LogP contribution in [0.4, 0.5) is 4.39 Å². The van der Waals surface area contributed by atoms with Crippen LogP contribution in [0.25, 0.3) is 0 Å². The second kappa shape index (κ2) is 5.08. The molecule has 0 fully saturated rings. The lowest BCUT2D eigenvalue weighted by Crippen LogP contribution is -2.33. The minimum atomic E-state index is -0.216. The van der Waals surface area contributed by atoms with Gasteiger partial charge in [0.15, 0.2) is 0 Å². The summed E-state index contributed by atoms with van der Waals surface area (Å²) in [6.45, 7) is 4.56. The number of nitrogens with two attached hydrogens (primary N) is 1. The fourth-order valence-corrected chi connectivity index (χ4v) is 1.43. The van der Waals surface area contributed by atoms with Crippen LogP contribution in [0.2, 0.25) is 0 Å². The third-order valence-corrected chi connectivity index (χ3v) is 2.02. The Morgan fingerprint density at radius 3 is 2.64 bits per heavy atom. The lowest BCUT2D eigenvalue weighted by molar-refractivity contribution is 0.481. The van der Waals surface area contributed by atoms with Crippen molar-refractivity contribution in [3.8, 4) is 0 Å². The predicted molar refractivity (Wildman–Crippen MR) is 56.5 cm³/mol. The number of nitrogens with one attached hydrogen (secondary N) is 1. The Bertz CT molecular complexity index is 286. The maximum absolute atomic E-state index is 12.9. The average molecular weight is 196 g/mol. The Morgan fingerprint density at radius 1 is 1.43 bits per heavy atom. The number of benzene rings is 1. The molecule has 0 aliphatic heterocycles. The van der Waals surface area contributed by atoms with Gasteiger partial charge in [0.25, 0.3) is 0 Å². The maximum atomic E-state index is 12.9. The van der Waals surface area contributed by atoms with E-state index in [9.17, 15) is 4.39 Å². The Labute approximate surface area is 84.3 Å². The minimum Gasteiger partial charge on any atom is -0.329 e. The van der Waals surface area contributed by atoms with E-state index >= 15 is 0 Å². The predicted octanol–water partition coefficient (Wildman–Crippen LogP) is 1.82. The summed E-state index contributed by atoms with van der Waals surface area (Å²) in [6, 6.07) is 6.92. The van der Waals surface area contributed by atoms with Gasteiger partial charge < -0.3 is 11.1 Å². The van der Waals surface area contributed by atoms with Crippen molar-refractivity contribution in [2.45, 2.75) is 25.9 Å². The fraction of sp³-hybridized carbons (Fsp3) is 0.455. The normalized spacial score (nSPS) is 13.2. The van der Waals surface area contributed by atoms with Gasteiger partial charge in [-0.3, -0.25) is 0 Å². The molecular formula is C11H17FN2. The molecule has 0 saturated carbocycles. The Kier molecular flexibility index (Phi) is 4.04. The molecule has 2 nitrogen and oxygen atoms in total. The molecule has 3 N–H and O–H groups in total. The first kappa shape index (κ1) is 11.1. The van der Waals surface area contributed by atoms with Crippen molar-refractivity contribution in [3.05, 3.63) is 35.6 Å². The summed E-state index contributed by atoms with van der Waals surface area (Å²) in [5.41, 5.74) is 6.52. The lowest BCUT2D eigenvalue weighted by atomic mass is 10.1. The van der Waals surface area contributed by atoms with E-state index in [1.165, 1.54) is 12.1 Å². The van der Waals surface area contributed by atoms with Crippen molar-refractivity contribution in [2.75, 3.05) is 6.54 Å². The highest BCUT2D eigenvalue weighted by Gasteiger charge is 2.10. The van der Waals surface area contributed by atoms with Gasteiger partial charge in [0.1, 0.15) is 5.82 Å². The summed E-state index contributed by atoms with van der Waals surface area (Å²) in [6.07, 6.45) is 0. The van der Waals surface area contributed by atoms with Crippen molar-refractivity contribution in [3.63, 3.8) is 0 Å². The van der Waals surface area contributed by atoms with Crippen molar-refractivity contribution in [1.82, 2.24) is 5.32 Å². The molecule has 0 heterocycles. The van der Waals surface area contributed by atoms with E-state index in [1.54, 1.807) is 6.07 Å². The molecule has 0 amide bonds. The van der Waals surface area contributed by atoms with Gasteiger partial charge in [-0.25, -0.2) is 4.39 Å². The van der Waals surface area contributed by atoms with Gasteiger partial charge in [-0.15, -0.1) is 0 Å². The molecule has 3 heteroatoms. The highest BCUT2D eigenvalue weighted by Crippen LogP contribution is 2.13. The maximum Gasteiger partial charge on any atom is 0.123 e. The van der Waals surface area contributed by atoms with Crippen LogP contribution in [0, 0.1) is 5.82 Å². The van der Waals surface area contributed by atoms with Gasteiger partial charge in [0.05, 0.1) is 0 Å². The van der Waals surface area contributed by atoms with Crippen LogP contribution in [0.5, 0.6) is 0 Å². The van der Waals surface area contributed by atoms with E-state index in [-0.39, 0.29) is 11.9 Å². The standard InChI is InChI=1S/C11H17FN2/c1-8(2)14-11(7-13)9-4-3-5-10(12)6-9/h3-6,8,11,14H,7,13H2,1-2H3. The first-order valence-corrected chi connectivity index (χ1v) is 4.85. The van der Waals surface area contributed by atoms with Gasteiger partial charge in [-0.2, -0.15) is 0 Å².